The summed E-state index contributed by atoms with van der Waals surface area (Å²) in [5.74, 6) is 0.765. The predicted octanol–water partition coefficient (Wildman–Crippen LogP) is 3.54. The van der Waals surface area contributed by atoms with Gasteiger partial charge < -0.3 is 11.1 Å². The summed E-state index contributed by atoms with van der Waals surface area (Å²) >= 11 is 11.9. The standard InChI is InChI=1S/C13H14Cl2N4/c1-2-8-4-3-5-17-11(8)7-18-13-10(15)6-9(14)12(16)19-13/h3-6H,2,7H2,1H3,(H3,16,18,19). The van der Waals surface area contributed by atoms with E-state index in [2.05, 4.69) is 28.3 Å². The van der Waals surface area contributed by atoms with Crippen LogP contribution in [-0.4, -0.2) is 9.97 Å². The molecular weight excluding hydrogens is 283 g/mol. The molecule has 19 heavy (non-hydrogen) atoms. The van der Waals surface area contributed by atoms with Crippen molar-refractivity contribution in [1.82, 2.24) is 9.97 Å². The molecule has 2 aromatic rings. The maximum absolute atomic E-state index is 6.06. The molecule has 0 aliphatic rings. The van der Waals surface area contributed by atoms with Gasteiger partial charge in [-0.3, -0.25) is 4.98 Å². The minimum absolute atomic E-state index is 0.255. The van der Waals surface area contributed by atoms with Crippen LogP contribution in [0.4, 0.5) is 11.6 Å². The number of nitrogen functional groups attached to an aromatic ring is 1. The third-order valence-electron chi connectivity index (χ3n) is 2.75. The highest BCUT2D eigenvalue weighted by Gasteiger charge is 2.08. The van der Waals surface area contributed by atoms with E-state index in [9.17, 15) is 0 Å². The van der Waals surface area contributed by atoms with E-state index >= 15 is 0 Å². The third kappa shape index (κ3) is 3.28. The fourth-order valence-corrected chi connectivity index (χ4v) is 2.15. The Hall–Kier alpha value is -1.52. The Labute approximate surface area is 122 Å². The van der Waals surface area contributed by atoms with Crippen molar-refractivity contribution < 1.29 is 0 Å². The molecule has 0 radical (unpaired) electrons. The fourth-order valence-electron chi connectivity index (χ4n) is 1.72. The number of rotatable bonds is 4. The van der Waals surface area contributed by atoms with Gasteiger partial charge in [0.2, 0.25) is 0 Å². The lowest BCUT2D eigenvalue weighted by molar-refractivity contribution is 0.965. The highest BCUT2D eigenvalue weighted by Crippen LogP contribution is 2.27. The van der Waals surface area contributed by atoms with Crippen LogP contribution in [0.1, 0.15) is 18.2 Å². The van der Waals surface area contributed by atoms with Gasteiger partial charge in [0.05, 0.1) is 22.3 Å². The summed E-state index contributed by atoms with van der Waals surface area (Å²) in [5.41, 5.74) is 7.81. The van der Waals surface area contributed by atoms with Crippen LogP contribution in [0.15, 0.2) is 24.4 Å². The first-order valence-electron chi connectivity index (χ1n) is 5.90. The number of halogens is 2. The normalized spacial score (nSPS) is 10.5. The molecule has 2 rings (SSSR count). The molecule has 0 unspecified atom stereocenters. The fraction of sp³-hybridized carbons (Fsp3) is 0.231. The van der Waals surface area contributed by atoms with Gasteiger partial charge >= 0.3 is 0 Å². The molecule has 0 amide bonds. The summed E-state index contributed by atoms with van der Waals surface area (Å²) in [7, 11) is 0. The average Bonchev–Trinajstić information content (AvgIpc) is 2.41. The van der Waals surface area contributed by atoms with Gasteiger partial charge in [-0.25, -0.2) is 4.98 Å². The number of hydrogen-bond donors (Lipinski definition) is 2. The molecule has 0 saturated carbocycles. The van der Waals surface area contributed by atoms with Crippen molar-refractivity contribution in [3.05, 3.63) is 45.7 Å². The van der Waals surface area contributed by atoms with Gasteiger partial charge in [-0.15, -0.1) is 0 Å². The van der Waals surface area contributed by atoms with Crippen molar-refractivity contribution in [2.75, 3.05) is 11.1 Å². The summed E-state index contributed by atoms with van der Waals surface area (Å²) in [4.78, 5) is 8.46. The molecule has 0 atom stereocenters. The van der Waals surface area contributed by atoms with Gasteiger partial charge in [0.15, 0.2) is 0 Å². The summed E-state index contributed by atoms with van der Waals surface area (Å²) in [5, 5.41) is 3.92. The van der Waals surface area contributed by atoms with E-state index < -0.39 is 0 Å². The maximum atomic E-state index is 6.06. The van der Waals surface area contributed by atoms with Crippen LogP contribution in [0.2, 0.25) is 10.0 Å². The van der Waals surface area contributed by atoms with E-state index in [0.717, 1.165) is 12.1 Å². The first kappa shape index (κ1) is 13.9. The van der Waals surface area contributed by atoms with Crippen LogP contribution in [-0.2, 0) is 13.0 Å². The monoisotopic (exact) mass is 296 g/mol. The summed E-state index contributed by atoms with van der Waals surface area (Å²) < 4.78 is 0. The van der Waals surface area contributed by atoms with Crippen molar-refractivity contribution in [2.24, 2.45) is 0 Å². The molecule has 2 aromatic heterocycles. The second-order valence-corrected chi connectivity index (χ2v) is 4.82. The molecule has 0 aliphatic heterocycles. The van der Waals surface area contributed by atoms with Gasteiger partial charge in [0.25, 0.3) is 0 Å². The average molecular weight is 297 g/mol. The summed E-state index contributed by atoms with van der Waals surface area (Å²) in [6, 6.07) is 5.55. The zero-order valence-electron chi connectivity index (χ0n) is 10.5. The van der Waals surface area contributed by atoms with Gasteiger partial charge in [-0.1, -0.05) is 36.2 Å². The molecule has 6 heteroatoms. The van der Waals surface area contributed by atoms with E-state index in [4.69, 9.17) is 28.9 Å². The number of nitrogens with zero attached hydrogens (tertiary/aromatic N) is 2. The molecule has 3 N–H and O–H groups in total. The molecule has 0 aromatic carbocycles. The Morgan fingerprint density at radius 2 is 2.11 bits per heavy atom. The van der Waals surface area contributed by atoms with Crippen LogP contribution >= 0.6 is 23.2 Å². The number of hydrogen-bond acceptors (Lipinski definition) is 4. The van der Waals surface area contributed by atoms with E-state index in [1.54, 1.807) is 12.3 Å². The van der Waals surface area contributed by atoms with Crippen molar-refractivity contribution in [2.45, 2.75) is 19.9 Å². The Morgan fingerprint density at radius 3 is 2.84 bits per heavy atom. The minimum Gasteiger partial charge on any atom is -0.382 e. The lowest BCUT2D eigenvalue weighted by Gasteiger charge is -2.10. The predicted molar refractivity (Wildman–Crippen MR) is 79.6 cm³/mol. The van der Waals surface area contributed by atoms with Gasteiger partial charge in [-0.05, 0) is 24.1 Å². The smallest absolute Gasteiger partial charge is 0.147 e. The molecule has 100 valence electrons. The number of pyridine rings is 2. The topological polar surface area (TPSA) is 63.8 Å². The second-order valence-electron chi connectivity index (χ2n) is 4.00. The molecule has 0 aliphatic carbocycles. The van der Waals surface area contributed by atoms with Crippen LogP contribution in [0.25, 0.3) is 0 Å². The third-order valence-corrected chi connectivity index (χ3v) is 3.34. The van der Waals surface area contributed by atoms with Gasteiger partial charge in [-0.2, -0.15) is 0 Å². The van der Waals surface area contributed by atoms with Gasteiger partial charge in [0.1, 0.15) is 11.6 Å². The summed E-state index contributed by atoms with van der Waals surface area (Å²) in [6.45, 7) is 2.63. The Balaban J connectivity index is 2.17. The van der Waals surface area contributed by atoms with E-state index in [-0.39, 0.29) is 5.82 Å². The number of anilines is 2. The Morgan fingerprint density at radius 1 is 1.32 bits per heavy atom. The SMILES string of the molecule is CCc1cccnc1CNc1nc(N)c(Cl)cc1Cl. The zero-order chi connectivity index (χ0) is 13.8. The minimum atomic E-state index is 0.255. The van der Waals surface area contributed by atoms with E-state index in [0.29, 0.717) is 22.4 Å². The second kappa shape index (κ2) is 6.08. The zero-order valence-corrected chi connectivity index (χ0v) is 12.0. The van der Waals surface area contributed by atoms with Crippen LogP contribution in [0.3, 0.4) is 0 Å². The number of aromatic nitrogens is 2. The van der Waals surface area contributed by atoms with Gasteiger partial charge in [0, 0.05) is 6.20 Å². The first-order valence-corrected chi connectivity index (χ1v) is 6.65. The van der Waals surface area contributed by atoms with E-state index in [1.807, 2.05) is 6.07 Å². The molecule has 0 saturated heterocycles. The lowest BCUT2D eigenvalue weighted by Crippen LogP contribution is -2.07. The van der Waals surface area contributed by atoms with E-state index in [1.165, 1.54) is 5.56 Å². The van der Waals surface area contributed by atoms with Crippen LogP contribution < -0.4 is 11.1 Å². The molecule has 2 heterocycles. The van der Waals surface area contributed by atoms with Crippen LogP contribution in [0.5, 0.6) is 0 Å². The van der Waals surface area contributed by atoms with Crippen molar-refractivity contribution in [1.29, 1.82) is 0 Å². The number of nitrogens with one attached hydrogen (secondary N) is 1. The van der Waals surface area contributed by atoms with Crippen molar-refractivity contribution in [3.63, 3.8) is 0 Å². The summed E-state index contributed by atoms with van der Waals surface area (Å²) in [6.07, 6.45) is 2.69. The highest BCUT2D eigenvalue weighted by atomic mass is 35.5. The van der Waals surface area contributed by atoms with Crippen LogP contribution in [0, 0.1) is 0 Å². The quantitative estimate of drug-likeness (QED) is 0.906. The number of aryl methyl sites for hydroxylation is 1. The highest BCUT2D eigenvalue weighted by molar-refractivity contribution is 6.37. The Bertz CT molecular complexity index is 587. The molecule has 4 nitrogen and oxygen atoms in total. The maximum Gasteiger partial charge on any atom is 0.147 e. The van der Waals surface area contributed by atoms with Crippen molar-refractivity contribution >= 4 is 34.8 Å². The Kier molecular flexibility index (Phi) is 4.45. The van der Waals surface area contributed by atoms with Crippen molar-refractivity contribution in [3.8, 4) is 0 Å². The first-order chi connectivity index (χ1) is 9.11. The lowest BCUT2D eigenvalue weighted by atomic mass is 10.1. The molecule has 0 bridgehead atoms. The molecule has 0 spiro atoms. The number of nitrogens with two attached hydrogens (primary N) is 1. The largest absolute Gasteiger partial charge is 0.382 e. The molecular formula is C13H14Cl2N4. The molecule has 0 fully saturated rings.